The van der Waals surface area contributed by atoms with Gasteiger partial charge in [-0.05, 0) is 0 Å². The normalized spacial score (nSPS) is 7.69. The molecule has 26 heavy (non-hydrogen) atoms. The summed E-state index contributed by atoms with van der Waals surface area (Å²) in [5, 5.41) is 31.5. The lowest BCUT2D eigenvalue weighted by Crippen LogP contribution is -1.93. The van der Waals surface area contributed by atoms with Gasteiger partial charge in [0.15, 0.2) is 0 Å². The maximum absolute atomic E-state index is 9.55. The lowest BCUT2D eigenvalue weighted by atomic mass is 10.5. The van der Waals surface area contributed by atoms with Gasteiger partial charge in [-0.1, -0.05) is 0 Å². The van der Waals surface area contributed by atoms with Gasteiger partial charge in [0.05, 0.1) is 25.7 Å². The van der Waals surface area contributed by atoms with Crippen molar-refractivity contribution in [1.29, 1.82) is 0 Å². The Morgan fingerprint density at radius 1 is 0.500 bits per heavy atom. The minimum Gasteiger partial charge on any atom is -0.481 e. The highest BCUT2D eigenvalue weighted by molar-refractivity contribution is 7.80. The average Bonchev–Trinajstić information content (AvgIpc) is 2.50. The Balaban J connectivity index is -0.0000000729. The predicted octanol–water partition coefficient (Wildman–Crippen LogP) is 1.38. The minimum absolute atomic E-state index is 0.156. The van der Waals surface area contributed by atoms with E-state index in [2.05, 4.69) is 50.5 Å². The van der Waals surface area contributed by atoms with Crippen LogP contribution in [0.5, 0.6) is 0 Å². The maximum Gasteiger partial charge on any atom is 0.304 e. The molecule has 0 radical (unpaired) electrons. The topological polar surface area (TPSA) is 166 Å². The van der Waals surface area contributed by atoms with E-state index in [1.807, 2.05) is 6.79 Å². The van der Waals surface area contributed by atoms with Gasteiger partial charge in [-0.15, -0.1) is 0 Å². The van der Waals surface area contributed by atoms with Crippen molar-refractivity contribution in [3.8, 4) is 0 Å². The summed E-state index contributed by atoms with van der Waals surface area (Å²) in [4.78, 5) is 46.2. The Bertz CT molecular complexity index is 291. The van der Waals surface area contributed by atoms with Crippen LogP contribution in [0.4, 0.5) is 0 Å². The second-order valence-electron chi connectivity index (χ2n) is 3.47. The molecule has 0 heterocycles. The number of carbonyl (C=O) groups excluding carboxylic acids is 1. The van der Waals surface area contributed by atoms with Crippen LogP contribution in [0, 0.1) is 0 Å². The highest BCUT2D eigenvalue weighted by Gasteiger charge is 1.89. The monoisotopic (exact) mass is 454 g/mol. The molecule has 0 amide bonds. The summed E-state index contributed by atoms with van der Waals surface area (Å²) < 4.78 is 0. The lowest BCUT2D eigenvalue weighted by Gasteiger charge is -1.79. The van der Waals surface area contributed by atoms with Gasteiger partial charge in [0.25, 0.3) is 0 Å². The standard InChI is InChI=1S/4C3H6O2S.CH2O/c4*4-3(5)1-2-6;1-2/h4*6H,1-2H2,(H,4,5);1H2. The highest BCUT2D eigenvalue weighted by Crippen LogP contribution is 1.81. The molecular weight excluding hydrogens is 428 g/mol. The molecule has 0 fully saturated rings. The van der Waals surface area contributed by atoms with E-state index < -0.39 is 23.9 Å². The molecule has 0 aliphatic rings. The van der Waals surface area contributed by atoms with Crippen LogP contribution in [0.3, 0.4) is 0 Å². The molecule has 0 aromatic carbocycles. The fourth-order valence-electron chi connectivity index (χ4n) is 0.383. The smallest absolute Gasteiger partial charge is 0.304 e. The summed E-state index contributed by atoms with van der Waals surface area (Å²) >= 11 is 14.7. The van der Waals surface area contributed by atoms with E-state index in [1.54, 1.807) is 0 Å². The molecule has 0 spiro atoms. The van der Waals surface area contributed by atoms with Crippen molar-refractivity contribution in [2.45, 2.75) is 25.7 Å². The first-order valence-electron chi connectivity index (χ1n) is 6.68. The number of carbonyl (C=O) groups is 5. The highest BCUT2D eigenvalue weighted by atomic mass is 32.1. The molecule has 0 aliphatic heterocycles. The Labute approximate surface area is 174 Å². The van der Waals surface area contributed by atoms with Crippen LogP contribution in [-0.2, 0) is 24.0 Å². The van der Waals surface area contributed by atoms with Gasteiger partial charge >= 0.3 is 23.9 Å². The van der Waals surface area contributed by atoms with E-state index in [1.165, 1.54) is 0 Å². The SMILES string of the molecule is C=O.O=C(O)CCS.O=C(O)CCS.O=C(O)CCS.O=C(O)CCS. The Kier molecular flexibility index (Phi) is 48.6. The number of carboxylic acids is 4. The third-order valence-electron chi connectivity index (χ3n) is 1.30. The molecule has 9 nitrogen and oxygen atoms in total. The molecule has 0 atom stereocenters. The first-order chi connectivity index (χ1) is 12.1. The summed E-state index contributed by atoms with van der Waals surface area (Å²) in [6.45, 7) is 2.00. The van der Waals surface area contributed by atoms with Crippen LogP contribution in [0.2, 0.25) is 0 Å². The van der Waals surface area contributed by atoms with Gasteiger partial charge in [0, 0.05) is 23.0 Å². The number of rotatable bonds is 8. The van der Waals surface area contributed by atoms with Crippen LogP contribution in [0.1, 0.15) is 25.7 Å². The van der Waals surface area contributed by atoms with Gasteiger partial charge in [-0.25, -0.2) is 0 Å². The van der Waals surface area contributed by atoms with E-state index >= 15 is 0 Å². The van der Waals surface area contributed by atoms with Gasteiger partial charge in [-0.3, -0.25) is 19.2 Å². The number of thiol groups is 4. The van der Waals surface area contributed by atoms with E-state index in [0.717, 1.165) is 0 Å². The van der Waals surface area contributed by atoms with Crippen LogP contribution < -0.4 is 0 Å². The zero-order valence-electron chi connectivity index (χ0n) is 14.0. The van der Waals surface area contributed by atoms with Crippen molar-refractivity contribution in [3.05, 3.63) is 0 Å². The van der Waals surface area contributed by atoms with Crippen molar-refractivity contribution >= 4 is 81.2 Å². The third kappa shape index (κ3) is 92.2. The molecule has 0 aromatic heterocycles. The average molecular weight is 455 g/mol. The lowest BCUT2D eigenvalue weighted by molar-refractivity contribution is -0.137. The number of hydrogen-bond donors (Lipinski definition) is 8. The summed E-state index contributed by atoms with van der Waals surface area (Å²) in [5.41, 5.74) is 0. The van der Waals surface area contributed by atoms with Gasteiger partial charge in [0.1, 0.15) is 6.79 Å². The van der Waals surface area contributed by atoms with Crippen molar-refractivity contribution in [1.82, 2.24) is 0 Å². The molecular formula is C13H26O9S4. The molecule has 0 saturated carbocycles. The second kappa shape index (κ2) is 35.1. The van der Waals surface area contributed by atoms with Crippen molar-refractivity contribution in [2.75, 3.05) is 23.0 Å². The first kappa shape index (κ1) is 36.0. The molecule has 13 heteroatoms. The predicted molar refractivity (Wildman–Crippen MR) is 112 cm³/mol. The molecule has 156 valence electrons. The number of carboxylic acid groups (broad SMARTS) is 4. The molecule has 0 aromatic rings. The third-order valence-corrected chi connectivity index (χ3v) is 2.20. The zero-order valence-corrected chi connectivity index (χ0v) is 17.6. The van der Waals surface area contributed by atoms with E-state index in [4.69, 9.17) is 25.2 Å². The van der Waals surface area contributed by atoms with Crippen LogP contribution in [0.15, 0.2) is 0 Å². The minimum atomic E-state index is -0.787. The second-order valence-corrected chi connectivity index (χ2v) is 5.26. The van der Waals surface area contributed by atoms with Gasteiger partial charge in [0.2, 0.25) is 0 Å². The molecule has 0 bridgehead atoms. The molecule has 0 rings (SSSR count). The summed E-state index contributed by atoms with van der Waals surface area (Å²) in [6, 6.07) is 0. The largest absolute Gasteiger partial charge is 0.481 e. The molecule has 4 N–H and O–H groups in total. The first-order valence-corrected chi connectivity index (χ1v) is 9.21. The maximum atomic E-state index is 9.55. The number of aliphatic carboxylic acids is 4. The Hall–Kier alpha value is -1.05. The molecule has 0 unspecified atom stereocenters. The Morgan fingerprint density at radius 3 is 0.615 bits per heavy atom. The fraction of sp³-hybridized carbons (Fsp3) is 0.615. The van der Waals surface area contributed by atoms with Crippen molar-refractivity contribution in [2.24, 2.45) is 0 Å². The Morgan fingerprint density at radius 2 is 0.615 bits per heavy atom. The van der Waals surface area contributed by atoms with Gasteiger partial charge in [-0.2, -0.15) is 50.5 Å². The van der Waals surface area contributed by atoms with E-state index in [0.29, 0.717) is 23.0 Å². The van der Waals surface area contributed by atoms with Crippen LogP contribution in [-0.4, -0.2) is 74.1 Å². The summed E-state index contributed by atoms with van der Waals surface area (Å²) in [6.07, 6.45) is 0.623. The van der Waals surface area contributed by atoms with E-state index in [-0.39, 0.29) is 25.7 Å². The van der Waals surface area contributed by atoms with Crippen LogP contribution >= 0.6 is 50.5 Å². The van der Waals surface area contributed by atoms with Crippen LogP contribution in [0.25, 0.3) is 0 Å². The fourth-order valence-corrected chi connectivity index (χ4v) is 1.15. The summed E-state index contributed by atoms with van der Waals surface area (Å²) in [5.74, 6) is -1.44. The molecule has 0 aliphatic carbocycles. The quantitative estimate of drug-likeness (QED) is 0.253. The number of hydrogen-bond acceptors (Lipinski definition) is 9. The van der Waals surface area contributed by atoms with E-state index in [9.17, 15) is 19.2 Å². The van der Waals surface area contributed by atoms with Gasteiger partial charge < -0.3 is 25.2 Å². The van der Waals surface area contributed by atoms with Crippen molar-refractivity contribution in [3.63, 3.8) is 0 Å². The van der Waals surface area contributed by atoms with Crippen molar-refractivity contribution < 1.29 is 44.4 Å². The summed E-state index contributed by atoms with van der Waals surface area (Å²) in [7, 11) is 0. The zero-order chi connectivity index (χ0) is 22.0. The molecule has 0 saturated heterocycles.